The van der Waals surface area contributed by atoms with Gasteiger partial charge in [0.1, 0.15) is 12.4 Å². The van der Waals surface area contributed by atoms with Gasteiger partial charge in [-0.05, 0) is 31.9 Å². The first kappa shape index (κ1) is 11.6. The van der Waals surface area contributed by atoms with Crippen LogP contribution < -0.4 is 0 Å². The summed E-state index contributed by atoms with van der Waals surface area (Å²) in [5, 5.41) is 20.8. The summed E-state index contributed by atoms with van der Waals surface area (Å²) in [7, 11) is 0. The van der Waals surface area contributed by atoms with Crippen LogP contribution in [0.15, 0.2) is 36.7 Å². The third-order valence-corrected chi connectivity index (χ3v) is 2.20. The van der Waals surface area contributed by atoms with Crippen LogP contribution in [-0.4, -0.2) is 19.8 Å². The maximum atomic E-state index is 10.4. The molecular formula is C10H6N4O4. The lowest BCUT2D eigenvalue weighted by Gasteiger charge is -1.97. The van der Waals surface area contributed by atoms with Crippen molar-refractivity contribution in [2.24, 2.45) is 0 Å². The van der Waals surface area contributed by atoms with E-state index in [2.05, 4.69) is 9.97 Å². The van der Waals surface area contributed by atoms with E-state index in [1.807, 2.05) is 0 Å². The fourth-order valence-corrected chi connectivity index (χ4v) is 1.33. The molecule has 0 fully saturated rings. The van der Waals surface area contributed by atoms with Crippen LogP contribution in [0, 0.1) is 20.2 Å². The molecule has 0 aliphatic carbocycles. The SMILES string of the molecule is O=[N+]([O-])c1ccc(-c2ccc([N+](=O)[O-])nc2)cn1. The average Bonchev–Trinajstić information content (AvgIpc) is 2.39. The number of hydrogen-bond donors (Lipinski definition) is 0. The first-order chi connectivity index (χ1) is 8.58. The summed E-state index contributed by atoms with van der Waals surface area (Å²) < 4.78 is 0. The minimum atomic E-state index is -0.599. The van der Waals surface area contributed by atoms with E-state index in [1.54, 1.807) is 0 Å². The second-order valence-corrected chi connectivity index (χ2v) is 3.32. The van der Waals surface area contributed by atoms with Crippen LogP contribution in [0.4, 0.5) is 11.6 Å². The molecule has 0 amide bonds. The molecule has 2 aromatic heterocycles. The molecule has 0 spiro atoms. The zero-order chi connectivity index (χ0) is 13.1. The van der Waals surface area contributed by atoms with Crippen molar-refractivity contribution in [1.82, 2.24) is 9.97 Å². The summed E-state index contributed by atoms with van der Waals surface area (Å²) in [6, 6.07) is 5.54. The van der Waals surface area contributed by atoms with Crippen LogP contribution in [0.3, 0.4) is 0 Å². The van der Waals surface area contributed by atoms with Crippen molar-refractivity contribution in [3.63, 3.8) is 0 Å². The molecule has 2 rings (SSSR count). The Morgan fingerprint density at radius 1 is 0.778 bits per heavy atom. The van der Waals surface area contributed by atoms with E-state index in [-0.39, 0.29) is 11.6 Å². The molecule has 0 N–H and O–H groups in total. The molecule has 0 atom stereocenters. The van der Waals surface area contributed by atoms with E-state index < -0.39 is 9.85 Å². The topological polar surface area (TPSA) is 112 Å². The summed E-state index contributed by atoms with van der Waals surface area (Å²) in [6.45, 7) is 0. The van der Waals surface area contributed by atoms with Gasteiger partial charge in [0.15, 0.2) is 0 Å². The van der Waals surface area contributed by atoms with Crippen molar-refractivity contribution in [3.05, 3.63) is 56.9 Å². The van der Waals surface area contributed by atoms with Crippen molar-refractivity contribution in [1.29, 1.82) is 0 Å². The van der Waals surface area contributed by atoms with Crippen molar-refractivity contribution in [2.75, 3.05) is 0 Å². The lowest BCUT2D eigenvalue weighted by Crippen LogP contribution is -1.93. The van der Waals surface area contributed by atoms with Crippen LogP contribution in [0.5, 0.6) is 0 Å². The Balaban J connectivity index is 2.31. The Kier molecular flexibility index (Phi) is 2.92. The van der Waals surface area contributed by atoms with Gasteiger partial charge in [0.05, 0.1) is 0 Å². The normalized spacial score (nSPS) is 10.0. The van der Waals surface area contributed by atoms with Gasteiger partial charge in [-0.15, -0.1) is 0 Å². The molecule has 0 saturated heterocycles. The van der Waals surface area contributed by atoms with Gasteiger partial charge in [-0.25, -0.2) is 0 Å². The highest BCUT2D eigenvalue weighted by Crippen LogP contribution is 2.20. The Morgan fingerprint density at radius 2 is 1.17 bits per heavy atom. The molecule has 8 heteroatoms. The molecule has 90 valence electrons. The Morgan fingerprint density at radius 3 is 1.39 bits per heavy atom. The minimum absolute atomic E-state index is 0.256. The zero-order valence-electron chi connectivity index (χ0n) is 8.89. The summed E-state index contributed by atoms with van der Waals surface area (Å²) in [5.74, 6) is -0.512. The third-order valence-electron chi connectivity index (χ3n) is 2.20. The third kappa shape index (κ3) is 2.26. The first-order valence-corrected chi connectivity index (χ1v) is 4.79. The monoisotopic (exact) mass is 246 g/mol. The van der Waals surface area contributed by atoms with Crippen LogP contribution in [-0.2, 0) is 0 Å². The molecular weight excluding hydrogens is 240 g/mol. The molecule has 0 aliphatic rings. The summed E-state index contributed by atoms with van der Waals surface area (Å²) in [5.41, 5.74) is 1.20. The highest BCUT2D eigenvalue weighted by Gasteiger charge is 2.11. The van der Waals surface area contributed by atoms with E-state index in [4.69, 9.17) is 0 Å². The van der Waals surface area contributed by atoms with Gasteiger partial charge in [-0.3, -0.25) is 0 Å². The van der Waals surface area contributed by atoms with E-state index in [1.165, 1.54) is 36.7 Å². The predicted octanol–water partition coefficient (Wildman–Crippen LogP) is 1.96. The second kappa shape index (κ2) is 4.53. The largest absolute Gasteiger partial charge is 0.363 e. The molecule has 8 nitrogen and oxygen atoms in total. The van der Waals surface area contributed by atoms with Gasteiger partial charge in [0, 0.05) is 23.3 Å². The number of nitro groups is 2. The molecule has 0 radical (unpaired) electrons. The van der Waals surface area contributed by atoms with Gasteiger partial charge in [0.25, 0.3) is 0 Å². The second-order valence-electron chi connectivity index (χ2n) is 3.32. The van der Waals surface area contributed by atoms with E-state index in [9.17, 15) is 20.2 Å². The minimum Gasteiger partial charge on any atom is -0.358 e. The van der Waals surface area contributed by atoms with Crippen LogP contribution >= 0.6 is 0 Å². The van der Waals surface area contributed by atoms with Gasteiger partial charge in [0.2, 0.25) is 0 Å². The summed E-state index contributed by atoms with van der Waals surface area (Å²) in [4.78, 5) is 27.0. The lowest BCUT2D eigenvalue weighted by molar-refractivity contribution is -0.389. The lowest BCUT2D eigenvalue weighted by atomic mass is 10.1. The summed E-state index contributed by atoms with van der Waals surface area (Å²) in [6.07, 6.45) is 2.64. The van der Waals surface area contributed by atoms with Gasteiger partial charge in [-0.2, -0.15) is 0 Å². The number of hydrogen-bond acceptors (Lipinski definition) is 6. The number of rotatable bonds is 3. The number of pyridine rings is 2. The van der Waals surface area contributed by atoms with E-state index in [0.29, 0.717) is 11.1 Å². The van der Waals surface area contributed by atoms with Crippen LogP contribution in [0.2, 0.25) is 0 Å². The molecule has 0 bridgehead atoms. The fraction of sp³-hybridized carbons (Fsp3) is 0. The van der Waals surface area contributed by atoms with Gasteiger partial charge in [-0.1, -0.05) is 0 Å². The van der Waals surface area contributed by atoms with Crippen molar-refractivity contribution < 1.29 is 9.85 Å². The van der Waals surface area contributed by atoms with Crippen molar-refractivity contribution in [3.8, 4) is 11.1 Å². The Hall–Kier alpha value is -2.90. The molecule has 0 unspecified atom stereocenters. The Labute approximate surface area is 100 Å². The van der Waals surface area contributed by atoms with Crippen LogP contribution in [0.25, 0.3) is 11.1 Å². The molecule has 2 aromatic rings. The van der Waals surface area contributed by atoms with Crippen LogP contribution in [0.1, 0.15) is 0 Å². The van der Waals surface area contributed by atoms with E-state index in [0.717, 1.165) is 0 Å². The zero-order valence-corrected chi connectivity index (χ0v) is 8.89. The van der Waals surface area contributed by atoms with Gasteiger partial charge >= 0.3 is 11.6 Å². The maximum Gasteiger partial charge on any atom is 0.363 e. The first-order valence-electron chi connectivity index (χ1n) is 4.79. The fourth-order valence-electron chi connectivity index (χ4n) is 1.33. The summed E-state index contributed by atoms with van der Waals surface area (Å²) >= 11 is 0. The molecule has 18 heavy (non-hydrogen) atoms. The van der Waals surface area contributed by atoms with Crippen molar-refractivity contribution in [2.45, 2.75) is 0 Å². The standard InChI is InChI=1S/C10H6N4O4/c15-13(16)9-3-1-7(5-11-9)8-2-4-10(12-6-8)14(17)18/h1-6H. The smallest absolute Gasteiger partial charge is 0.358 e. The molecule has 2 heterocycles. The molecule has 0 aliphatic heterocycles. The van der Waals surface area contributed by atoms with Crippen molar-refractivity contribution >= 4 is 11.6 Å². The number of aromatic nitrogens is 2. The highest BCUT2D eigenvalue weighted by atomic mass is 16.6. The molecule has 0 aromatic carbocycles. The van der Waals surface area contributed by atoms with Gasteiger partial charge < -0.3 is 20.2 Å². The van der Waals surface area contributed by atoms with E-state index >= 15 is 0 Å². The quantitative estimate of drug-likeness (QED) is 0.604. The number of nitrogens with zero attached hydrogens (tertiary/aromatic N) is 4. The maximum absolute atomic E-state index is 10.4. The predicted molar refractivity (Wildman–Crippen MR) is 60.8 cm³/mol. The highest BCUT2D eigenvalue weighted by molar-refractivity contribution is 5.62. The average molecular weight is 246 g/mol. The molecule has 0 saturated carbocycles. The Bertz CT molecular complexity index is 539.